The van der Waals surface area contributed by atoms with E-state index in [1.165, 1.54) is 18.9 Å². The minimum atomic E-state index is -1.02. The minimum Gasteiger partial charge on any atom is -0.489 e. The molecule has 1 saturated heterocycles. The van der Waals surface area contributed by atoms with Gasteiger partial charge in [0, 0.05) is 48.1 Å². The summed E-state index contributed by atoms with van der Waals surface area (Å²) in [4.78, 5) is 31.9. The third kappa shape index (κ3) is 6.90. The Morgan fingerprint density at radius 3 is 2.35 bits per heavy atom. The maximum atomic E-state index is 16.0. The highest BCUT2D eigenvalue weighted by atomic mass is 19.1. The van der Waals surface area contributed by atoms with Crippen molar-refractivity contribution < 1.29 is 28.6 Å². The third-order valence-corrected chi connectivity index (χ3v) is 10.1. The number of hydrogen-bond donors (Lipinski definition) is 2. The molecule has 0 unspecified atom stereocenters. The van der Waals surface area contributed by atoms with E-state index in [4.69, 9.17) is 14.5 Å². The van der Waals surface area contributed by atoms with Gasteiger partial charge >= 0.3 is 5.97 Å². The monoisotopic (exact) mass is 654 g/mol. The van der Waals surface area contributed by atoms with E-state index >= 15 is 4.39 Å². The standard InChI is InChI=1S/C38H43FN4O5/c39-32-23-30(13-14-31(32)36-41-33-22-26(38(45)46)12-16-35(33)43(36)29-9-5-2-6-10-29)48-24-27-21-25(37(44)40-28-7-3-1-4-8-28)11-15-34(27)42-17-19-47-20-18-42/h11-16,21-23,28-29H,1-10,17-20,24H2,(H,40,44)(H,45,46). The molecule has 2 aliphatic carbocycles. The van der Waals surface area contributed by atoms with Gasteiger partial charge < -0.3 is 29.4 Å². The number of halogens is 1. The van der Waals surface area contributed by atoms with Gasteiger partial charge in [-0.05, 0) is 74.2 Å². The molecule has 2 heterocycles. The van der Waals surface area contributed by atoms with Crippen LogP contribution in [0.2, 0.25) is 0 Å². The number of anilines is 1. The number of fused-ring (bicyclic) bond motifs is 1. The quantitative estimate of drug-likeness (QED) is 0.192. The average Bonchev–Trinajstić information content (AvgIpc) is 3.50. The van der Waals surface area contributed by atoms with E-state index < -0.39 is 11.8 Å². The molecule has 10 heteroatoms. The molecule has 3 aromatic carbocycles. The molecule has 0 radical (unpaired) electrons. The minimum absolute atomic E-state index is 0.0802. The molecule has 4 aromatic rings. The Morgan fingerprint density at radius 2 is 1.62 bits per heavy atom. The van der Waals surface area contributed by atoms with Crippen molar-refractivity contribution in [1.82, 2.24) is 14.9 Å². The first-order chi connectivity index (χ1) is 23.4. The van der Waals surface area contributed by atoms with Gasteiger partial charge in [0.1, 0.15) is 24.0 Å². The van der Waals surface area contributed by atoms with Crippen molar-refractivity contribution in [3.05, 3.63) is 77.1 Å². The van der Waals surface area contributed by atoms with Gasteiger partial charge in [-0.3, -0.25) is 4.79 Å². The zero-order chi connectivity index (χ0) is 33.0. The van der Waals surface area contributed by atoms with Crippen LogP contribution in [0.15, 0.2) is 54.6 Å². The number of ether oxygens (including phenoxy) is 2. The number of carbonyl (C=O) groups is 2. The Hall–Kier alpha value is -4.44. The fourth-order valence-electron chi connectivity index (χ4n) is 7.53. The van der Waals surface area contributed by atoms with E-state index in [-0.39, 0.29) is 30.2 Å². The van der Waals surface area contributed by atoms with Crippen molar-refractivity contribution in [2.24, 2.45) is 0 Å². The predicted octanol–water partition coefficient (Wildman–Crippen LogP) is 7.52. The number of carboxylic acids is 1. The van der Waals surface area contributed by atoms with Gasteiger partial charge in [0.15, 0.2) is 0 Å². The molecule has 1 aliphatic heterocycles. The lowest BCUT2D eigenvalue weighted by atomic mass is 9.94. The van der Waals surface area contributed by atoms with Crippen molar-refractivity contribution in [2.75, 3.05) is 31.2 Å². The Morgan fingerprint density at radius 1 is 0.896 bits per heavy atom. The number of nitrogens with one attached hydrogen (secondary N) is 1. The number of aromatic carboxylic acids is 1. The molecule has 0 atom stereocenters. The molecular formula is C38H43FN4O5. The van der Waals surface area contributed by atoms with E-state index in [0.717, 1.165) is 81.2 Å². The number of aromatic nitrogens is 2. The van der Waals surface area contributed by atoms with E-state index in [2.05, 4.69) is 14.8 Å². The number of nitrogens with zero attached hydrogens (tertiary/aromatic N) is 3. The summed E-state index contributed by atoms with van der Waals surface area (Å²) in [5.41, 5.74) is 4.26. The van der Waals surface area contributed by atoms with Gasteiger partial charge in [-0.2, -0.15) is 0 Å². The van der Waals surface area contributed by atoms with Crippen LogP contribution < -0.4 is 15.0 Å². The number of benzene rings is 3. The molecule has 1 amide bonds. The lowest BCUT2D eigenvalue weighted by Gasteiger charge is -2.31. The summed E-state index contributed by atoms with van der Waals surface area (Å²) in [6.07, 6.45) is 10.8. The predicted molar refractivity (Wildman–Crippen MR) is 182 cm³/mol. The molecule has 2 saturated carbocycles. The molecule has 0 bridgehead atoms. The fraction of sp³-hybridized carbons (Fsp3) is 0.447. The van der Waals surface area contributed by atoms with Gasteiger partial charge in [-0.1, -0.05) is 38.5 Å². The molecule has 48 heavy (non-hydrogen) atoms. The Balaban J connectivity index is 1.15. The highest BCUT2D eigenvalue weighted by Crippen LogP contribution is 2.38. The van der Waals surface area contributed by atoms with Crippen molar-refractivity contribution in [3.63, 3.8) is 0 Å². The largest absolute Gasteiger partial charge is 0.489 e. The van der Waals surface area contributed by atoms with Crippen LogP contribution in [0, 0.1) is 5.82 Å². The van der Waals surface area contributed by atoms with Gasteiger partial charge in [0.05, 0.1) is 35.4 Å². The van der Waals surface area contributed by atoms with Crippen LogP contribution in [-0.2, 0) is 11.3 Å². The normalized spacial score (nSPS) is 17.8. The highest BCUT2D eigenvalue weighted by molar-refractivity contribution is 5.95. The number of rotatable bonds is 9. The molecule has 1 aromatic heterocycles. The SMILES string of the molecule is O=C(O)c1ccc2c(c1)nc(-c1ccc(OCc3cc(C(=O)NC4CCCCC4)ccc3N3CCOCC3)cc1F)n2C1CCCCC1. The molecule has 3 aliphatic rings. The summed E-state index contributed by atoms with van der Waals surface area (Å²) < 4.78 is 29.9. The summed E-state index contributed by atoms with van der Waals surface area (Å²) in [7, 11) is 0. The highest BCUT2D eigenvalue weighted by Gasteiger charge is 2.25. The van der Waals surface area contributed by atoms with Crippen LogP contribution in [0.3, 0.4) is 0 Å². The Labute approximate surface area is 280 Å². The number of morpholine rings is 1. The Bertz CT molecular complexity index is 1790. The molecule has 7 rings (SSSR count). The second-order valence-electron chi connectivity index (χ2n) is 13.3. The van der Waals surface area contributed by atoms with Gasteiger partial charge in [0.2, 0.25) is 0 Å². The summed E-state index contributed by atoms with van der Waals surface area (Å²) in [6.45, 7) is 2.88. The van der Waals surface area contributed by atoms with Crippen molar-refractivity contribution in [1.29, 1.82) is 0 Å². The maximum Gasteiger partial charge on any atom is 0.335 e. The second-order valence-corrected chi connectivity index (χ2v) is 13.3. The molecule has 252 valence electrons. The zero-order valence-corrected chi connectivity index (χ0v) is 27.3. The summed E-state index contributed by atoms with van der Waals surface area (Å²) in [5.74, 6) is -0.703. The Kier molecular flexibility index (Phi) is 9.61. The summed E-state index contributed by atoms with van der Waals surface area (Å²) in [6, 6.07) is 15.9. The summed E-state index contributed by atoms with van der Waals surface area (Å²) >= 11 is 0. The average molecular weight is 655 g/mol. The third-order valence-electron chi connectivity index (χ3n) is 10.1. The lowest BCUT2D eigenvalue weighted by Crippen LogP contribution is -2.37. The number of carboxylic acid groups (broad SMARTS) is 1. The van der Waals surface area contributed by atoms with Crippen molar-refractivity contribution in [2.45, 2.75) is 82.9 Å². The van der Waals surface area contributed by atoms with Gasteiger partial charge in [-0.15, -0.1) is 0 Å². The summed E-state index contributed by atoms with van der Waals surface area (Å²) in [5, 5.41) is 12.8. The van der Waals surface area contributed by atoms with E-state index in [9.17, 15) is 14.7 Å². The van der Waals surface area contributed by atoms with E-state index in [1.54, 1.807) is 30.3 Å². The van der Waals surface area contributed by atoms with Crippen LogP contribution >= 0.6 is 0 Å². The number of hydrogen-bond acceptors (Lipinski definition) is 6. The zero-order valence-electron chi connectivity index (χ0n) is 27.3. The fourth-order valence-corrected chi connectivity index (χ4v) is 7.53. The second kappa shape index (κ2) is 14.4. The first kappa shape index (κ1) is 32.1. The topological polar surface area (TPSA) is 106 Å². The smallest absolute Gasteiger partial charge is 0.335 e. The molecule has 3 fully saturated rings. The molecular weight excluding hydrogens is 611 g/mol. The van der Waals surface area contributed by atoms with Crippen LogP contribution in [0.25, 0.3) is 22.4 Å². The van der Waals surface area contributed by atoms with Crippen LogP contribution in [-0.4, -0.2) is 58.9 Å². The van der Waals surface area contributed by atoms with E-state index in [1.807, 2.05) is 18.2 Å². The molecule has 9 nitrogen and oxygen atoms in total. The lowest BCUT2D eigenvalue weighted by molar-refractivity contribution is 0.0696. The van der Waals surface area contributed by atoms with Crippen LogP contribution in [0.4, 0.5) is 10.1 Å². The first-order valence-corrected chi connectivity index (χ1v) is 17.4. The van der Waals surface area contributed by atoms with Gasteiger partial charge in [-0.25, -0.2) is 14.2 Å². The molecule has 0 spiro atoms. The van der Waals surface area contributed by atoms with E-state index in [0.29, 0.717) is 41.4 Å². The van der Waals surface area contributed by atoms with Crippen molar-refractivity contribution in [3.8, 4) is 17.1 Å². The van der Waals surface area contributed by atoms with Crippen LogP contribution in [0.1, 0.15) is 96.5 Å². The first-order valence-electron chi connectivity index (χ1n) is 17.4. The van der Waals surface area contributed by atoms with Crippen LogP contribution in [0.5, 0.6) is 5.75 Å². The molecule has 2 N–H and O–H groups in total. The maximum absolute atomic E-state index is 16.0. The van der Waals surface area contributed by atoms with Crippen molar-refractivity contribution >= 4 is 28.6 Å². The number of carbonyl (C=O) groups excluding carboxylic acids is 1. The number of amides is 1. The van der Waals surface area contributed by atoms with Gasteiger partial charge in [0.25, 0.3) is 5.91 Å². The number of imidazole rings is 1.